The van der Waals surface area contributed by atoms with Gasteiger partial charge in [-0.15, -0.1) is 0 Å². The van der Waals surface area contributed by atoms with Gasteiger partial charge in [0.2, 0.25) is 0 Å². The van der Waals surface area contributed by atoms with Crippen molar-refractivity contribution >= 4 is 5.65 Å². The van der Waals surface area contributed by atoms with E-state index in [9.17, 15) is 13.2 Å². The number of halogens is 3. The molecule has 0 aliphatic heterocycles. The molecule has 2 rings (SSSR count). The Morgan fingerprint density at radius 2 is 2.07 bits per heavy atom. The summed E-state index contributed by atoms with van der Waals surface area (Å²) >= 11 is 0. The maximum absolute atomic E-state index is 12.2. The summed E-state index contributed by atoms with van der Waals surface area (Å²) in [5.74, 6) is 0. The van der Waals surface area contributed by atoms with Crippen LogP contribution in [0.3, 0.4) is 0 Å². The molecule has 0 saturated carbocycles. The molecule has 0 fully saturated rings. The molecule has 0 unspecified atom stereocenters. The van der Waals surface area contributed by atoms with E-state index in [4.69, 9.17) is 0 Å². The van der Waals surface area contributed by atoms with Crippen LogP contribution >= 0.6 is 0 Å². The largest absolute Gasteiger partial charge is 0.435 e. The van der Waals surface area contributed by atoms with Crippen LogP contribution in [-0.2, 0) is 6.18 Å². The summed E-state index contributed by atoms with van der Waals surface area (Å²) in [6, 6.07) is 0.916. The number of aryl methyl sites for hydroxylation is 1. The molecule has 0 N–H and O–H groups in total. The molecule has 0 bridgehead atoms. The van der Waals surface area contributed by atoms with E-state index in [2.05, 4.69) is 10.1 Å². The molecule has 2 aromatic heterocycles. The van der Waals surface area contributed by atoms with Gasteiger partial charge < -0.3 is 0 Å². The minimum atomic E-state index is -4.42. The van der Waals surface area contributed by atoms with Gasteiger partial charge in [-0.1, -0.05) is 0 Å². The standard InChI is InChI=1S/C8H6F3N3/c1-5-3-12-7-2-6(8(9,10)11)13-14(7)4-5/h2-4H,1H3. The minimum Gasteiger partial charge on any atom is -0.237 e. The SMILES string of the molecule is Cc1cnc2cc(C(F)(F)F)nn2c1. The topological polar surface area (TPSA) is 30.2 Å². The van der Waals surface area contributed by atoms with Gasteiger partial charge in [0.15, 0.2) is 11.3 Å². The molecule has 74 valence electrons. The number of fused-ring (bicyclic) bond motifs is 1. The van der Waals surface area contributed by atoms with Crippen molar-refractivity contribution in [3.63, 3.8) is 0 Å². The van der Waals surface area contributed by atoms with Crippen molar-refractivity contribution in [3.05, 3.63) is 29.7 Å². The van der Waals surface area contributed by atoms with Crippen molar-refractivity contribution in [1.82, 2.24) is 14.6 Å². The van der Waals surface area contributed by atoms with E-state index >= 15 is 0 Å². The molecule has 0 aromatic carbocycles. The normalized spacial score (nSPS) is 12.3. The summed E-state index contributed by atoms with van der Waals surface area (Å²) in [5, 5.41) is 3.37. The average Bonchev–Trinajstić information content (AvgIpc) is 2.45. The van der Waals surface area contributed by atoms with Gasteiger partial charge in [-0.25, -0.2) is 9.50 Å². The number of alkyl halides is 3. The van der Waals surface area contributed by atoms with Crippen molar-refractivity contribution in [1.29, 1.82) is 0 Å². The molecular weight excluding hydrogens is 195 g/mol. The van der Waals surface area contributed by atoms with Gasteiger partial charge in [-0.3, -0.25) is 0 Å². The second kappa shape index (κ2) is 2.70. The van der Waals surface area contributed by atoms with Crippen molar-refractivity contribution in [2.45, 2.75) is 13.1 Å². The van der Waals surface area contributed by atoms with Crippen molar-refractivity contribution < 1.29 is 13.2 Å². The molecule has 0 aliphatic carbocycles. The van der Waals surface area contributed by atoms with E-state index < -0.39 is 11.9 Å². The zero-order valence-corrected chi connectivity index (χ0v) is 7.21. The lowest BCUT2D eigenvalue weighted by atomic mass is 10.4. The maximum Gasteiger partial charge on any atom is 0.435 e. The predicted molar refractivity (Wildman–Crippen MR) is 42.7 cm³/mol. The van der Waals surface area contributed by atoms with Gasteiger partial charge in [0.05, 0.1) is 0 Å². The first-order chi connectivity index (χ1) is 6.47. The van der Waals surface area contributed by atoms with E-state index in [0.717, 1.165) is 16.1 Å². The number of aromatic nitrogens is 3. The molecule has 2 aromatic rings. The van der Waals surface area contributed by atoms with Crippen LogP contribution in [-0.4, -0.2) is 14.6 Å². The minimum absolute atomic E-state index is 0.197. The second-order valence-electron chi connectivity index (χ2n) is 2.96. The quantitative estimate of drug-likeness (QED) is 0.653. The van der Waals surface area contributed by atoms with Crippen LogP contribution < -0.4 is 0 Å². The molecule has 14 heavy (non-hydrogen) atoms. The van der Waals surface area contributed by atoms with E-state index in [1.165, 1.54) is 12.4 Å². The second-order valence-corrected chi connectivity index (χ2v) is 2.96. The fourth-order valence-corrected chi connectivity index (χ4v) is 1.11. The summed E-state index contributed by atoms with van der Waals surface area (Å²) in [4.78, 5) is 3.82. The zero-order valence-electron chi connectivity index (χ0n) is 7.21. The van der Waals surface area contributed by atoms with Gasteiger partial charge in [0.1, 0.15) is 0 Å². The number of hydrogen-bond donors (Lipinski definition) is 0. The Bertz CT molecular complexity index is 472. The van der Waals surface area contributed by atoms with Crippen LogP contribution in [0.5, 0.6) is 0 Å². The maximum atomic E-state index is 12.2. The lowest BCUT2D eigenvalue weighted by molar-refractivity contribution is -0.141. The van der Waals surface area contributed by atoms with Gasteiger partial charge in [-0.2, -0.15) is 18.3 Å². The Morgan fingerprint density at radius 3 is 2.71 bits per heavy atom. The Balaban J connectivity index is 2.63. The molecule has 0 saturated heterocycles. The highest BCUT2D eigenvalue weighted by Gasteiger charge is 2.34. The highest BCUT2D eigenvalue weighted by Crippen LogP contribution is 2.28. The fraction of sp³-hybridized carbons (Fsp3) is 0.250. The third kappa shape index (κ3) is 1.43. The average molecular weight is 201 g/mol. The highest BCUT2D eigenvalue weighted by atomic mass is 19.4. The highest BCUT2D eigenvalue weighted by molar-refractivity contribution is 5.39. The van der Waals surface area contributed by atoms with E-state index in [-0.39, 0.29) is 5.65 Å². The molecule has 0 spiro atoms. The summed E-state index contributed by atoms with van der Waals surface area (Å²) < 4.78 is 37.8. The molecule has 0 amide bonds. The van der Waals surface area contributed by atoms with Crippen LogP contribution in [0.1, 0.15) is 11.3 Å². The summed E-state index contributed by atoms with van der Waals surface area (Å²) in [7, 11) is 0. The van der Waals surface area contributed by atoms with Gasteiger partial charge in [0, 0.05) is 18.5 Å². The Kier molecular flexibility index (Phi) is 1.73. The lowest BCUT2D eigenvalue weighted by Crippen LogP contribution is -2.05. The van der Waals surface area contributed by atoms with Gasteiger partial charge in [0.25, 0.3) is 0 Å². The van der Waals surface area contributed by atoms with Crippen LogP contribution in [0.15, 0.2) is 18.5 Å². The molecule has 0 atom stereocenters. The molecule has 2 heterocycles. The van der Waals surface area contributed by atoms with Gasteiger partial charge >= 0.3 is 6.18 Å². The lowest BCUT2D eigenvalue weighted by Gasteiger charge is -1.98. The third-order valence-corrected chi connectivity index (χ3v) is 1.73. The summed E-state index contributed by atoms with van der Waals surface area (Å²) in [6.45, 7) is 1.74. The summed E-state index contributed by atoms with van der Waals surface area (Å²) in [5.41, 5.74) is 0.0350. The van der Waals surface area contributed by atoms with Crippen LogP contribution in [0.2, 0.25) is 0 Å². The molecule has 0 aliphatic rings. The monoisotopic (exact) mass is 201 g/mol. The van der Waals surface area contributed by atoms with Crippen LogP contribution in [0.4, 0.5) is 13.2 Å². The van der Waals surface area contributed by atoms with Gasteiger partial charge in [-0.05, 0) is 12.5 Å². The zero-order chi connectivity index (χ0) is 10.3. The number of hydrogen-bond acceptors (Lipinski definition) is 2. The molecule has 6 heteroatoms. The van der Waals surface area contributed by atoms with Crippen molar-refractivity contribution in [2.24, 2.45) is 0 Å². The molecule has 0 radical (unpaired) electrons. The Labute approximate surface area is 77.2 Å². The summed E-state index contributed by atoms with van der Waals surface area (Å²) in [6.07, 6.45) is -1.42. The van der Waals surface area contributed by atoms with E-state index in [1.54, 1.807) is 6.92 Å². The first kappa shape index (κ1) is 8.98. The van der Waals surface area contributed by atoms with Crippen molar-refractivity contribution in [2.75, 3.05) is 0 Å². The van der Waals surface area contributed by atoms with Crippen LogP contribution in [0, 0.1) is 6.92 Å². The predicted octanol–water partition coefficient (Wildman–Crippen LogP) is 2.06. The molecule has 3 nitrogen and oxygen atoms in total. The van der Waals surface area contributed by atoms with Crippen molar-refractivity contribution in [3.8, 4) is 0 Å². The fourth-order valence-electron chi connectivity index (χ4n) is 1.11. The molecular formula is C8H6F3N3. The smallest absolute Gasteiger partial charge is 0.237 e. The first-order valence-corrected chi connectivity index (χ1v) is 3.86. The van der Waals surface area contributed by atoms with Crippen LogP contribution in [0.25, 0.3) is 5.65 Å². The Hall–Kier alpha value is -1.59. The number of rotatable bonds is 0. The third-order valence-electron chi connectivity index (χ3n) is 1.73. The first-order valence-electron chi connectivity index (χ1n) is 3.86. The van der Waals surface area contributed by atoms with E-state index in [1.807, 2.05) is 0 Å². The number of nitrogens with zero attached hydrogens (tertiary/aromatic N) is 3. The van der Waals surface area contributed by atoms with E-state index in [0.29, 0.717) is 0 Å². The Morgan fingerprint density at radius 1 is 1.36 bits per heavy atom.